The van der Waals surface area contributed by atoms with E-state index in [1.807, 2.05) is 0 Å². The minimum Gasteiger partial charge on any atom is -0.389 e. The standard InChI is InChI=1S/C14H25NO2/c1-11-5-4-6-12(9-11)15-13(16)10-14(17)7-2-3-8-14/h11-12,17H,2-10H2,1H3,(H,15,16). The largest absolute Gasteiger partial charge is 0.389 e. The predicted octanol–water partition coefficient (Wildman–Crippen LogP) is 2.38. The number of amides is 1. The van der Waals surface area contributed by atoms with Crippen LogP contribution in [0.25, 0.3) is 0 Å². The monoisotopic (exact) mass is 239 g/mol. The lowest BCUT2D eigenvalue weighted by molar-refractivity contribution is -0.126. The molecule has 2 rings (SSSR count). The summed E-state index contributed by atoms with van der Waals surface area (Å²) < 4.78 is 0. The number of hydrogen-bond donors (Lipinski definition) is 2. The van der Waals surface area contributed by atoms with Gasteiger partial charge in [-0.05, 0) is 31.6 Å². The molecule has 0 aliphatic heterocycles. The van der Waals surface area contributed by atoms with Gasteiger partial charge >= 0.3 is 0 Å². The third-order valence-corrected chi connectivity index (χ3v) is 4.33. The van der Waals surface area contributed by atoms with Gasteiger partial charge in [0.2, 0.25) is 5.91 Å². The zero-order chi connectivity index (χ0) is 12.3. The fraction of sp³-hybridized carbons (Fsp3) is 0.929. The second-order valence-corrected chi connectivity index (χ2v) is 6.14. The third-order valence-electron chi connectivity index (χ3n) is 4.33. The van der Waals surface area contributed by atoms with Crippen LogP contribution in [0.4, 0.5) is 0 Å². The molecular weight excluding hydrogens is 214 g/mol. The van der Waals surface area contributed by atoms with Crippen molar-refractivity contribution in [2.75, 3.05) is 0 Å². The molecule has 17 heavy (non-hydrogen) atoms. The molecule has 2 unspecified atom stereocenters. The van der Waals surface area contributed by atoms with Gasteiger partial charge in [-0.1, -0.05) is 32.6 Å². The number of carbonyl (C=O) groups excluding carboxylic acids is 1. The third kappa shape index (κ3) is 3.70. The van der Waals surface area contributed by atoms with Crippen LogP contribution < -0.4 is 5.32 Å². The van der Waals surface area contributed by atoms with Crippen LogP contribution in [-0.2, 0) is 4.79 Å². The SMILES string of the molecule is CC1CCCC(NC(=O)CC2(O)CCCC2)C1. The number of aliphatic hydroxyl groups is 1. The Bertz CT molecular complexity index is 271. The van der Waals surface area contributed by atoms with Gasteiger partial charge in [-0.3, -0.25) is 4.79 Å². The van der Waals surface area contributed by atoms with E-state index in [0.717, 1.165) is 44.4 Å². The molecule has 3 heteroatoms. The summed E-state index contributed by atoms with van der Waals surface area (Å²) in [5.74, 6) is 0.775. The van der Waals surface area contributed by atoms with Gasteiger partial charge in [-0.2, -0.15) is 0 Å². The van der Waals surface area contributed by atoms with Crippen LogP contribution >= 0.6 is 0 Å². The van der Waals surface area contributed by atoms with Crippen molar-refractivity contribution in [1.29, 1.82) is 0 Å². The molecule has 2 fully saturated rings. The van der Waals surface area contributed by atoms with E-state index >= 15 is 0 Å². The molecule has 0 aromatic heterocycles. The van der Waals surface area contributed by atoms with Gasteiger partial charge in [-0.15, -0.1) is 0 Å². The van der Waals surface area contributed by atoms with Gasteiger partial charge < -0.3 is 10.4 Å². The van der Waals surface area contributed by atoms with E-state index in [9.17, 15) is 9.90 Å². The summed E-state index contributed by atoms with van der Waals surface area (Å²) in [5.41, 5.74) is -0.704. The smallest absolute Gasteiger partial charge is 0.223 e. The summed E-state index contributed by atoms with van der Waals surface area (Å²) in [7, 11) is 0. The van der Waals surface area contributed by atoms with E-state index in [0.29, 0.717) is 12.5 Å². The Hall–Kier alpha value is -0.570. The Morgan fingerprint density at radius 2 is 2.00 bits per heavy atom. The highest BCUT2D eigenvalue weighted by Gasteiger charge is 2.34. The highest BCUT2D eigenvalue weighted by Crippen LogP contribution is 2.32. The quantitative estimate of drug-likeness (QED) is 0.794. The van der Waals surface area contributed by atoms with Crippen LogP contribution in [0.3, 0.4) is 0 Å². The number of hydrogen-bond acceptors (Lipinski definition) is 2. The van der Waals surface area contributed by atoms with Gasteiger partial charge in [-0.25, -0.2) is 0 Å². The second-order valence-electron chi connectivity index (χ2n) is 6.14. The maximum atomic E-state index is 11.9. The molecular formula is C14H25NO2. The molecule has 2 aliphatic carbocycles. The molecule has 98 valence electrons. The number of rotatable bonds is 3. The molecule has 2 atom stereocenters. The lowest BCUT2D eigenvalue weighted by Crippen LogP contribution is -2.41. The Labute approximate surface area is 104 Å². The summed E-state index contributed by atoms with van der Waals surface area (Å²) in [4.78, 5) is 11.9. The van der Waals surface area contributed by atoms with Crippen molar-refractivity contribution >= 4 is 5.91 Å². The average Bonchev–Trinajstić information content (AvgIpc) is 2.64. The molecule has 0 radical (unpaired) electrons. The number of carbonyl (C=O) groups is 1. The molecule has 0 bridgehead atoms. The Balaban J connectivity index is 1.76. The number of nitrogens with one attached hydrogen (secondary N) is 1. The summed E-state index contributed by atoms with van der Waals surface area (Å²) >= 11 is 0. The summed E-state index contributed by atoms with van der Waals surface area (Å²) in [6, 6.07) is 0.344. The van der Waals surface area contributed by atoms with Crippen LogP contribution in [0.1, 0.15) is 64.7 Å². The fourth-order valence-corrected chi connectivity index (χ4v) is 3.35. The predicted molar refractivity (Wildman–Crippen MR) is 67.6 cm³/mol. The summed E-state index contributed by atoms with van der Waals surface area (Å²) in [6.07, 6.45) is 8.72. The van der Waals surface area contributed by atoms with Gasteiger partial charge in [0.05, 0.1) is 12.0 Å². The minimum absolute atomic E-state index is 0.0495. The second kappa shape index (κ2) is 5.38. The van der Waals surface area contributed by atoms with Crippen molar-refractivity contribution in [1.82, 2.24) is 5.32 Å². The van der Waals surface area contributed by atoms with Crippen molar-refractivity contribution in [2.45, 2.75) is 76.4 Å². The topological polar surface area (TPSA) is 49.3 Å². The normalized spacial score (nSPS) is 32.4. The molecule has 0 heterocycles. The summed E-state index contributed by atoms with van der Waals surface area (Å²) in [6.45, 7) is 2.25. The van der Waals surface area contributed by atoms with E-state index in [1.54, 1.807) is 0 Å². The zero-order valence-corrected chi connectivity index (χ0v) is 10.9. The zero-order valence-electron chi connectivity index (χ0n) is 10.9. The Kier molecular flexibility index (Phi) is 4.08. The first-order chi connectivity index (χ1) is 8.07. The van der Waals surface area contributed by atoms with Crippen LogP contribution in [0.2, 0.25) is 0 Å². The van der Waals surface area contributed by atoms with Crippen molar-refractivity contribution in [2.24, 2.45) is 5.92 Å². The summed E-state index contributed by atoms with van der Waals surface area (Å²) in [5, 5.41) is 13.3. The highest BCUT2D eigenvalue weighted by atomic mass is 16.3. The van der Waals surface area contributed by atoms with Crippen molar-refractivity contribution in [3.8, 4) is 0 Å². The van der Waals surface area contributed by atoms with Crippen molar-refractivity contribution < 1.29 is 9.90 Å². The van der Waals surface area contributed by atoms with E-state index in [4.69, 9.17) is 0 Å². The van der Waals surface area contributed by atoms with Crippen molar-refractivity contribution in [3.63, 3.8) is 0 Å². The molecule has 0 aromatic carbocycles. The first-order valence-electron chi connectivity index (χ1n) is 7.09. The van der Waals surface area contributed by atoms with Gasteiger partial charge in [0, 0.05) is 6.04 Å². The molecule has 2 saturated carbocycles. The van der Waals surface area contributed by atoms with E-state index in [-0.39, 0.29) is 5.91 Å². The van der Waals surface area contributed by atoms with Crippen LogP contribution in [0.5, 0.6) is 0 Å². The molecule has 3 nitrogen and oxygen atoms in total. The first kappa shape index (κ1) is 12.9. The van der Waals surface area contributed by atoms with Gasteiger partial charge in [0.15, 0.2) is 0 Å². The average molecular weight is 239 g/mol. The lowest BCUT2D eigenvalue weighted by atomic mass is 9.87. The fourth-order valence-electron chi connectivity index (χ4n) is 3.35. The maximum Gasteiger partial charge on any atom is 0.223 e. The van der Waals surface area contributed by atoms with Crippen LogP contribution in [-0.4, -0.2) is 22.7 Å². The van der Waals surface area contributed by atoms with Gasteiger partial charge in [0.1, 0.15) is 0 Å². The van der Waals surface area contributed by atoms with E-state index < -0.39 is 5.60 Å². The van der Waals surface area contributed by atoms with E-state index in [1.165, 1.54) is 12.8 Å². The molecule has 1 amide bonds. The van der Waals surface area contributed by atoms with Crippen LogP contribution in [0.15, 0.2) is 0 Å². The highest BCUT2D eigenvalue weighted by molar-refractivity contribution is 5.77. The Morgan fingerprint density at radius 1 is 1.29 bits per heavy atom. The van der Waals surface area contributed by atoms with E-state index in [2.05, 4.69) is 12.2 Å². The first-order valence-corrected chi connectivity index (χ1v) is 7.09. The molecule has 2 aliphatic rings. The van der Waals surface area contributed by atoms with Gasteiger partial charge in [0.25, 0.3) is 0 Å². The molecule has 0 aromatic rings. The van der Waals surface area contributed by atoms with Crippen molar-refractivity contribution in [3.05, 3.63) is 0 Å². The maximum absolute atomic E-state index is 11.9. The molecule has 2 N–H and O–H groups in total. The Morgan fingerprint density at radius 3 is 2.65 bits per heavy atom. The minimum atomic E-state index is -0.704. The van der Waals surface area contributed by atoms with Crippen LogP contribution in [0, 0.1) is 5.92 Å². The molecule has 0 spiro atoms. The lowest BCUT2D eigenvalue weighted by Gasteiger charge is -2.29. The molecule has 0 saturated heterocycles.